The first-order chi connectivity index (χ1) is 9.93. The van der Waals surface area contributed by atoms with Crippen molar-refractivity contribution < 1.29 is 0 Å². The van der Waals surface area contributed by atoms with Gasteiger partial charge in [-0.1, -0.05) is 56.0 Å². The highest BCUT2D eigenvalue weighted by atomic mass is 35.5. The van der Waals surface area contributed by atoms with E-state index in [1.807, 2.05) is 0 Å². The molecule has 1 heterocycles. The second kappa shape index (κ2) is 8.40. The summed E-state index contributed by atoms with van der Waals surface area (Å²) in [7, 11) is 0. The predicted octanol–water partition coefficient (Wildman–Crippen LogP) is 3.46. The van der Waals surface area contributed by atoms with Crippen molar-refractivity contribution in [3.8, 4) is 0 Å². The number of aliphatic imine (C=N–C) groups is 1. The van der Waals surface area contributed by atoms with Gasteiger partial charge in [-0.2, -0.15) is 0 Å². The summed E-state index contributed by atoms with van der Waals surface area (Å²) in [5, 5.41) is 7.33. The molecule has 0 radical (unpaired) electrons. The summed E-state index contributed by atoms with van der Waals surface area (Å²) in [4.78, 5) is 4.76. The molecule has 1 saturated carbocycles. The highest BCUT2D eigenvalue weighted by Crippen LogP contribution is 2.20. The van der Waals surface area contributed by atoms with Crippen LogP contribution in [-0.2, 0) is 0 Å². The largest absolute Gasteiger partial charge is 0.370 e. The van der Waals surface area contributed by atoms with Crippen LogP contribution in [-0.4, -0.2) is 25.0 Å². The van der Waals surface area contributed by atoms with Gasteiger partial charge in [0.15, 0.2) is 0 Å². The molecule has 0 saturated heterocycles. The van der Waals surface area contributed by atoms with E-state index >= 15 is 0 Å². The van der Waals surface area contributed by atoms with Crippen LogP contribution in [0.1, 0.15) is 50.1 Å². The molecule has 0 bridgehead atoms. The van der Waals surface area contributed by atoms with E-state index in [2.05, 4.69) is 41.0 Å². The molecule has 0 spiro atoms. The minimum absolute atomic E-state index is 0. The number of nitrogens with zero attached hydrogens (tertiary/aromatic N) is 1. The van der Waals surface area contributed by atoms with Crippen molar-refractivity contribution in [2.45, 2.75) is 50.6 Å². The summed E-state index contributed by atoms with van der Waals surface area (Å²) in [5.74, 6) is 1.15. The number of hydrogen-bond donors (Lipinski definition) is 2. The van der Waals surface area contributed by atoms with Crippen molar-refractivity contribution in [2.75, 3.05) is 13.1 Å². The number of benzene rings is 1. The maximum Gasteiger partial charge on any atom is 0.118 e. The second-order valence-electron chi connectivity index (χ2n) is 5.90. The number of halogens is 1. The molecule has 1 atom stereocenters. The molecule has 116 valence electrons. The van der Waals surface area contributed by atoms with Gasteiger partial charge in [0, 0.05) is 12.6 Å². The lowest BCUT2D eigenvalue weighted by Crippen LogP contribution is -2.46. The van der Waals surface area contributed by atoms with E-state index in [4.69, 9.17) is 4.99 Å². The fourth-order valence-corrected chi connectivity index (χ4v) is 3.26. The molecule has 1 unspecified atom stereocenters. The molecule has 3 nitrogen and oxygen atoms in total. The molecule has 0 aromatic heterocycles. The first-order valence-corrected chi connectivity index (χ1v) is 8.03. The van der Waals surface area contributed by atoms with E-state index in [9.17, 15) is 0 Å². The quantitative estimate of drug-likeness (QED) is 0.821. The van der Waals surface area contributed by atoms with Crippen molar-refractivity contribution in [1.82, 2.24) is 10.6 Å². The van der Waals surface area contributed by atoms with Crippen molar-refractivity contribution in [3.63, 3.8) is 0 Å². The van der Waals surface area contributed by atoms with Gasteiger partial charge in [-0.3, -0.25) is 4.99 Å². The zero-order valence-corrected chi connectivity index (χ0v) is 13.4. The van der Waals surface area contributed by atoms with Crippen LogP contribution in [0.25, 0.3) is 0 Å². The smallest absolute Gasteiger partial charge is 0.118 e. The zero-order valence-electron chi connectivity index (χ0n) is 12.6. The molecule has 1 aromatic rings. The summed E-state index contributed by atoms with van der Waals surface area (Å²) in [6.45, 7) is 1.85. The highest BCUT2D eigenvalue weighted by molar-refractivity contribution is 5.89. The van der Waals surface area contributed by atoms with Crippen molar-refractivity contribution in [2.24, 2.45) is 4.99 Å². The van der Waals surface area contributed by atoms with E-state index in [1.54, 1.807) is 0 Å². The molecule has 0 amide bonds. The lowest BCUT2D eigenvalue weighted by molar-refractivity contribution is 0.506. The zero-order chi connectivity index (χ0) is 13.6. The van der Waals surface area contributed by atoms with Gasteiger partial charge in [-0.15, -0.1) is 12.4 Å². The maximum atomic E-state index is 4.76. The van der Waals surface area contributed by atoms with E-state index < -0.39 is 0 Å². The first kappa shape index (κ1) is 16.3. The van der Waals surface area contributed by atoms with E-state index in [0.717, 1.165) is 18.9 Å². The molecular formula is C17H26ClN3. The van der Waals surface area contributed by atoms with Crippen LogP contribution < -0.4 is 10.6 Å². The van der Waals surface area contributed by atoms with Crippen LogP contribution in [0, 0.1) is 0 Å². The molecule has 1 aliphatic carbocycles. The molecule has 1 aromatic carbocycles. The molecule has 21 heavy (non-hydrogen) atoms. The lowest BCUT2D eigenvalue weighted by Gasteiger charge is -2.29. The number of nitrogens with one attached hydrogen (secondary N) is 2. The molecule has 1 fully saturated rings. The average Bonchev–Trinajstić information content (AvgIpc) is 2.77. The minimum atomic E-state index is 0. The molecule has 1 aliphatic heterocycles. The molecule has 3 rings (SSSR count). The van der Waals surface area contributed by atoms with E-state index in [0.29, 0.717) is 6.04 Å². The Morgan fingerprint density at radius 2 is 1.71 bits per heavy atom. The lowest BCUT2D eigenvalue weighted by atomic mass is 10.0. The van der Waals surface area contributed by atoms with Gasteiger partial charge in [0.25, 0.3) is 0 Å². The topological polar surface area (TPSA) is 36.4 Å². The van der Waals surface area contributed by atoms with Gasteiger partial charge in [0.05, 0.1) is 12.6 Å². The average molecular weight is 308 g/mol. The van der Waals surface area contributed by atoms with Crippen LogP contribution >= 0.6 is 12.4 Å². The monoisotopic (exact) mass is 307 g/mol. The van der Waals surface area contributed by atoms with Gasteiger partial charge >= 0.3 is 0 Å². The number of rotatable bonds is 2. The number of hydrogen-bond acceptors (Lipinski definition) is 3. The fourth-order valence-electron chi connectivity index (χ4n) is 3.26. The summed E-state index contributed by atoms with van der Waals surface area (Å²) in [6, 6.07) is 11.5. The summed E-state index contributed by atoms with van der Waals surface area (Å²) in [6.07, 6.45) is 8.08. The van der Waals surface area contributed by atoms with Crippen molar-refractivity contribution in [3.05, 3.63) is 35.9 Å². The maximum absolute atomic E-state index is 4.76. The van der Waals surface area contributed by atoms with Gasteiger partial charge in [0.2, 0.25) is 0 Å². The van der Waals surface area contributed by atoms with E-state index in [-0.39, 0.29) is 18.4 Å². The third kappa shape index (κ3) is 4.45. The van der Waals surface area contributed by atoms with Crippen molar-refractivity contribution in [1.29, 1.82) is 0 Å². The standard InChI is InChI=1S/C17H25N3.ClH/c1-2-7-11-15(10-6-1)20-17-16(18-12-13-19-17)14-8-4-3-5-9-14;/h3-5,8-9,15-16,18H,1-2,6-7,10-13H2,(H,19,20);1H. The van der Waals surface area contributed by atoms with Crippen LogP contribution in [0.15, 0.2) is 35.3 Å². The Bertz CT molecular complexity index is 439. The second-order valence-corrected chi connectivity index (χ2v) is 5.90. The van der Waals surface area contributed by atoms with Crippen LogP contribution in [0.2, 0.25) is 0 Å². The third-order valence-corrected chi connectivity index (χ3v) is 4.36. The Morgan fingerprint density at radius 3 is 2.43 bits per heavy atom. The Hall–Kier alpha value is -1.06. The Kier molecular flexibility index (Phi) is 6.52. The SMILES string of the molecule is Cl.c1ccc(C2NCCN=C2NC2CCCCCC2)cc1. The van der Waals surface area contributed by atoms with Crippen molar-refractivity contribution >= 4 is 18.2 Å². The molecule has 2 aliphatic rings. The van der Waals surface area contributed by atoms with Gasteiger partial charge in [-0.05, 0) is 18.4 Å². The number of amidine groups is 1. The Balaban J connectivity index is 0.00000161. The summed E-state index contributed by atoms with van der Waals surface area (Å²) >= 11 is 0. The summed E-state index contributed by atoms with van der Waals surface area (Å²) < 4.78 is 0. The van der Waals surface area contributed by atoms with Gasteiger partial charge in [0.1, 0.15) is 5.84 Å². The van der Waals surface area contributed by atoms with Gasteiger partial charge in [-0.25, -0.2) is 0 Å². The Morgan fingerprint density at radius 1 is 1.00 bits per heavy atom. The normalized spacial score (nSPS) is 23.6. The fraction of sp³-hybridized carbons (Fsp3) is 0.588. The third-order valence-electron chi connectivity index (χ3n) is 4.36. The molecule has 4 heteroatoms. The molecule has 2 N–H and O–H groups in total. The van der Waals surface area contributed by atoms with E-state index in [1.165, 1.54) is 44.1 Å². The van der Waals surface area contributed by atoms with Crippen LogP contribution in [0.5, 0.6) is 0 Å². The van der Waals surface area contributed by atoms with Gasteiger partial charge < -0.3 is 10.6 Å². The van der Waals surface area contributed by atoms with Crippen LogP contribution in [0.3, 0.4) is 0 Å². The first-order valence-electron chi connectivity index (χ1n) is 8.03. The predicted molar refractivity (Wildman–Crippen MR) is 91.4 cm³/mol. The van der Waals surface area contributed by atoms with Crippen LogP contribution in [0.4, 0.5) is 0 Å². The summed E-state index contributed by atoms with van der Waals surface area (Å²) in [5.41, 5.74) is 1.31. The molecular weight excluding hydrogens is 282 g/mol. The Labute approximate surface area is 134 Å². The highest BCUT2D eigenvalue weighted by Gasteiger charge is 2.23. The minimum Gasteiger partial charge on any atom is -0.370 e.